The molecule has 10 rings (SSSR count). The number of para-hydroxylation sites is 6. The summed E-state index contributed by atoms with van der Waals surface area (Å²) in [5, 5.41) is 0. The molecule has 6 aromatic carbocycles. The third-order valence-electron chi connectivity index (χ3n) is 8.86. The zero-order valence-corrected chi connectivity index (χ0v) is 27.4. The molecule has 1 aromatic heterocycles. The smallest absolute Gasteiger partial charge is 0.504 e. The van der Waals surface area contributed by atoms with Gasteiger partial charge in [-0.3, -0.25) is 4.98 Å². The predicted octanol–water partition coefficient (Wildman–Crippen LogP) is 8.07. The Hall–Kier alpha value is -5.10. The Labute approximate surface area is 282 Å². The van der Waals surface area contributed by atoms with Crippen LogP contribution in [0.25, 0.3) is 33.5 Å². The Balaban J connectivity index is 0.000000157. The normalized spacial score (nSPS) is 13.3. The van der Waals surface area contributed by atoms with Crippen molar-refractivity contribution < 1.29 is 20.1 Å². The van der Waals surface area contributed by atoms with Gasteiger partial charge in [-0.25, -0.2) is 0 Å². The van der Waals surface area contributed by atoms with Gasteiger partial charge in [0.15, 0.2) is 0 Å². The van der Waals surface area contributed by atoms with Gasteiger partial charge in [0.25, 0.3) is 0 Å². The summed E-state index contributed by atoms with van der Waals surface area (Å²) in [4.78, 5) is 11.7. The minimum atomic E-state index is 0. The maximum atomic E-state index is 5.02. The van der Waals surface area contributed by atoms with Gasteiger partial charge in [-0.1, -0.05) is 78.0 Å². The standard InChI is InChI=1S/C25H15BN3.C14H12N2.Ir/c1-4-12-20-17(9-1)18-10-2-6-14-22(18)28-23-15-7-3-11-19(23)25-27-21-13-5-8-16-24(21)29(25)26(20)28;1-15-11-16(12-7-3-2-4-8-12)14-10-6-5-9-13(14)15;/h1-10,12-16H;2-7,9-11H,1H3;/q-1;-2;+3. The maximum absolute atomic E-state index is 5.02. The molecule has 0 amide bonds. The fourth-order valence-electron chi connectivity index (χ4n) is 6.93. The van der Waals surface area contributed by atoms with Crippen molar-refractivity contribution in [2.45, 2.75) is 0 Å². The molecule has 0 saturated heterocycles. The number of hydrogen-bond acceptors (Lipinski definition) is 4. The third kappa shape index (κ3) is 4.31. The van der Waals surface area contributed by atoms with Gasteiger partial charge in [0.2, 0.25) is 0 Å². The maximum Gasteiger partial charge on any atom is 3.00 e. The van der Waals surface area contributed by atoms with Crippen LogP contribution in [0.1, 0.15) is 0 Å². The van der Waals surface area contributed by atoms with E-state index in [4.69, 9.17) is 4.98 Å². The van der Waals surface area contributed by atoms with Crippen LogP contribution >= 0.6 is 0 Å². The Bertz CT molecular complexity index is 2210. The van der Waals surface area contributed by atoms with E-state index in [9.17, 15) is 0 Å². The number of imidazole rings is 1. The first-order valence-electron chi connectivity index (χ1n) is 15.2. The number of nitrogens with zero attached hydrogens (tertiary/aromatic N) is 5. The fourth-order valence-corrected chi connectivity index (χ4v) is 6.93. The molecule has 4 heterocycles. The van der Waals surface area contributed by atoms with Gasteiger partial charge in [0.1, 0.15) is 0 Å². The van der Waals surface area contributed by atoms with Crippen molar-refractivity contribution in [1.29, 1.82) is 0 Å². The summed E-state index contributed by atoms with van der Waals surface area (Å²) in [5.41, 5.74) is 12.9. The number of benzene rings is 6. The molecule has 46 heavy (non-hydrogen) atoms. The molecule has 220 valence electrons. The first-order chi connectivity index (χ1) is 22.3. The Morgan fingerprint density at radius 2 is 1.30 bits per heavy atom. The van der Waals surface area contributed by atoms with Crippen molar-refractivity contribution in [3.05, 3.63) is 158 Å². The van der Waals surface area contributed by atoms with Crippen LogP contribution in [-0.4, -0.2) is 23.5 Å². The van der Waals surface area contributed by atoms with Crippen molar-refractivity contribution in [2.75, 3.05) is 21.7 Å². The van der Waals surface area contributed by atoms with E-state index in [0.717, 1.165) is 33.8 Å². The topological polar surface area (TPSA) is 27.5 Å². The number of fused-ring (bicyclic) bond motifs is 14. The molecule has 3 aliphatic rings. The second-order valence-electron chi connectivity index (χ2n) is 11.4. The first-order valence-corrected chi connectivity index (χ1v) is 15.2. The SMILES string of the molecule is CN1[CH-]N(c2[c-]cccc2)c2ccccc21.[Ir+3].[c-]1cccc2c1-c1nc3ccccc3n1B1c3ccccc3-c3ccccc3N12. The minimum absolute atomic E-state index is 0. The Kier molecular flexibility index (Phi) is 7.01. The van der Waals surface area contributed by atoms with Crippen molar-refractivity contribution in [3.63, 3.8) is 0 Å². The van der Waals surface area contributed by atoms with Gasteiger partial charge in [0, 0.05) is 34.0 Å². The predicted molar refractivity (Wildman–Crippen MR) is 185 cm³/mol. The van der Waals surface area contributed by atoms with Crippen LogP contribution in [0, 0.1) is 18.8 Å². The summed E-state index contributed by atoms with van der Waals surface area (Å²) in [5.74, 6) is 0.984. The first kappa shape index (κ1) is 28.4. The van der Waals surface area contributed by atoms with E-state index in [1.165, 1.54) is 33.7 Å². The van der Waals surface area contributed by atoms with Crippen LogP contribution in [0.4, 0.5) is 28.4 Å². The van der Waals surface area contributed by atoms with E-state index in [-0.39, 0.29) is 27.1 Å². The third-order valence-corrected chi connectivity index (χ3v) is 8.86. The van der Waals surface area contributed by atoms with Crippen molar-refractivity contribution in [3.8, 4) is 22.5 Å². The summed E-state index contributed by atoms with van der Waals surface area (Å²) < 4.78 is 2.38. The van der Waals surface area contributed by atoms with Crippen LogP contribution in [0.3, 0.4) is 0 Å². The van der Waals surface area contributed by atoms with E-state index in [1.807, 2.05) is 24.3 Å². The van der Waals surface area contributed by atoms with E-state index >= 15 is 0 Å². The summed E-state index contributed by atoms with van der Waals surface area (Å²) in [6, 6.07) is 55.1. The van der Waals surface area contributed by atoms with E-state index in [2.05, 4.69) is 160 Å². The molecule has 0 atom stereocenters. The molecule has 0 fully saturated rings. The van der Waals surface area contributed by atoms with Gasteiger partial charge in [0.05, 0.1) is 5.52 Å². The molecule has 0 N–H and O–H groups in total. The zero-order valence-electron chi connectivity index (χ0n) is 25.0. The summed E-state index contributed by atoms with van der Waals surface area (Å²) >= 11 is 0. The number of rotatable bonds is 1. The number of anilines is 5. The average Bonchev–Trinajstić information content (AvgIpc) is 3.67. The largest absolute Gasteiger partial charge is 3.00 e. The molecule has 0 unspecified atom stereocenters. The van der Waals surface area contributed by atoms with Crippen molar-refractivity contribution in [1.82, 2.24) is 9.46 Å². The second-order valence-corrected chi connectivity index (χ2v) is 11.4. The van der Waals surface area contributed by atoms with Crippen molar-refractivity contribution >= 4 is 51.9 Å². The van der Waals surface area contributed by atoms with Gasteiger partial charge in [-0.15, -0.1) is 30.0 Å². The molecule has 7 heteroatoms. The molecule has 3 aliphatic heterocycles. The summed E-state index contributed by atoms with van der Waals surface area (Å²) in [6.45, 7) is 2.10. The van der Waals surface area contributed by atoms with Crippen molar-refractivity contribution in [2.24, 2.45) is 0 Å². The van der Waals surface area contributed by atoms with Gasteiger partial charge in [-0.05, 0) is 48.4 Å². The average molecular weight is 769 g/mol. The second kappa shape index (κ2) is 11.4. The Morgan fingerprint density at radius 3 is 2.15 bits per heavy atom. The minimum Gasteiger partial charge on any atom is -0.504 e. The van der Waals surface area contributed by atoms with Crippen LogP contribution in [0.2, 0.25) is 0 Å². The fraction of sp³-hybridized carbons (Fsp3) is 0.0256. The van der Waals surface area contributed by atoms with Gasteiger partial charge in [-0.2, -0.15) is 37.0 Å². The number of hydrogen-bond donors (Lipinski definition) is 0. The van der Waals surface area contributed by atoms with Gasteiger partial charge >= 0.3 is 27.1 Å². The molecule has 0 aliphatic carbocycles. The number of aromatic nitrogens is 2. The zero-order chi connectivity index (χ0) is 29.9. The summed E-state index contributed by atoms with van der Waals surface area (Å²) in [7, 11) is 2.06. The molecule has 0 saturated carbocycles. The monoisotopic (exact) mass is 769 g/mol. The molecule has 0 bridgehead atoms. The van der Waals surface area contributed by atoms with Crippen LogP contribution in [0.5, 0.6) is 0 Å². The Morgan fingerprint density at radius 1 is 0.630 bits per heavy atom. The molecular weight excluding hydrogens is 741 g/mol. The molecule has 7 aromatic rings. The molecule has 5 nitrogen and oxygen atoms in total. The van der Waals surface area contributed by atoms with Gasteiger partial charge < -0.3 is 19.1 Å². The van der Waals surface area contributed by atoms with Crippen LogP contribution < -0.4 is 20.1 Å². The molecule has 0 radical (unpaired) electrons. The molecular formula is C39H27BIrN5. The van der Waals surface area contributed by atoms with Crippen LogP contribution in [-0.2, 0) is 20.1 Å². The molecule has 0 spiro atoms. The van der Waals surface area contributed by atoms with E-state index < -0.39 is 0 Å². The van der Waals surface area contributed by atoms with E-state index in [0.29, 0.717) is 0 Å². The van der Waals surface area contributed by atoms with E-state index in [1.54, 1.807) is 0 Å². The van der Waals surface area contributed by atoms with Crippen LogP contribution in [0.15, 0.2) is 140 Å². The quantitative estimate of drug-likeness (QED) is 0.125. The summed E-state index contributed by atoms with van der Waals surface area (Å²) in [6.07, 6.45) is 0.